The molecule has 2 heterocycles. The van der Waals surface area contributed by atoms with Gasteiger partial charge in [-0.15, -0.1) is 0 Å². The number of aryl methyl sites for hydroxylation is 1. The van der Waals surface area contributed by atoms with Gasteiger partial charge in [-0.3, -0.25) is 4.79 Å². The van der Waals surface area contributed by atoms with E-state index in [1.807, 2.05) is 29.2 Å². The van der Waals surface area contributed by atoms with Gasteiger partial charge in [-0.25, -0.2) is 4.98 Å². The zero-order valence-corrected chi connectivity index (χ0v) is 14.5. The summed E-state index contributed by atoms with van der Waals surface area (Å²) in [6, 6.07) is 8.07. The first-order valence-corrected chi connectivity index (χ1v) is 8.66. The predicted molar refractivity (Wildman–Crippen MR) is 91.7 cm³/mol. The maximum atomic E-state index is 12.2. The summed E-state index contributed by atoms with van der Waals surface area (Å²) >= 11 is 3.50. The monoisotopic (exact) mass is 377 g/mol. The van der Waals surface area contributed by atoms with Crippen LogP contribution in [0.1, 0.15) is 25.2 Å². The molecule has 1 amide bonds. The number of oxazole rings is 1. The van der Waals surface area contributed by atoms with E-state index in [-0.39, 0.29) is 11.9 Å². The van der Waals surface area contributed by atoms with Crippen molar-refractivity contribution in [2.45, 2.75) is 31.7 Å². The van der Waals surface area contributed by atoms with Crippen LogP contribution in [-0.2, 0) is 11.2 Å². The smallest absolute Gasteiger partial charge is 0.223 e. The molecule has 1 fully saturated rings. The summed E-state index contributed by atoms with van der Waals surface area (Å²) in [5.41, 5.74) is 6.83. The number of nitrogens with zero attached hydrogens (tertiary/aromatic N) is 2. The third-order valence-corrected chi connectivity index (χ3v) is 4.83. The van der Waals surface area contributed by atoms with E-state index in [0.29, 0.717) is 24.5 Å². The van der Waals surface area contributed by atoms with E-state index in [9.17, 15) is 4.79 Å². The van der Waals surface area contributed by atoms with Gasteiger partial charge in [0.25, 0.3) is 0 Å². The predicted octanol–water partition coefficient (Wildman–Crippen LogP) is 2.99. The molecule has 6 heteroatoms. The summed E-state index contributed by atoms with van der Waals surface area (Å²) in [5, 5.41) is 0. The highest BCUT2D eigenvalue weighted by atomic mass is 79.9. The summed E-state index contributed by atoms with van der Waals surface area (Å²) in [4.78, 5) is 18.4. The number of carbonyl (C=O) groups is 1. The second-order valence-electron chi connectivity index (χ2n) is 5.82. The van der Waals surface area contributed by atoms with Crippen LogP contribution in [0.2, 0.25) is 0 Å². The molecule has 0 atom stereocenters. The molecular weight excluding hydrogens is 358 g/mol. The highest BCUT2D eigenvalue weighted by Crippen LogP contribution is 2.28. The molecule has 0 aliphatic carbocycles. The summed E-state index contributed by atoms with van der Waals surface area (Å²) in [7, 11) is 0. The Morgan fingerprint density at radius 3 is 2.83 bits per heavy atom. The molecule has 0 radical (unpaired) electrons. The Labute approximate surface area is 144 Å². The molecule has 0 spiro atoms. The lowest BCUT2D eigenvalue weighted by molar-refractivity contribution is -0.132. The van der Waals surface area contributed by atoms with Crippen molar-refractivity contribution in [2.24, 2.45) is 5.73 Å². The molecule has 1 saturated heterocycles. The molecule has 1 aliphatic heterocycles. The zero-order valence-electron chi connectivity index (χ0n) is 12.9. The van der Waals surface area contributed by atoms with Gasteiger partial charge in [0.2, 0.25) is 5.91 Å². The normalized spacial score (nSPS) is 15.8. The molecule has 0 bridgehead atoms. The topological polar surface area (TPSA) is 72.4 Å². The maximum absolute atomic E-state index is 12.2. The number of hydrogen-bond donors (Lipinski definition) is 1. The third kappa shape index (κ3) is 4.00. The van der Waals surface area contributed by atoms with Crippen LogP contribution in [0.5, 0.6) is 0 Å². The van der Waals surface area contributed by atoms with E-state index in [2.05, 4.69) is 20.9 Å². The molecule has 1 aromatic heterocycles. The lowest BCUT2D eigenvalue weighted by atomic mass is 10.1. The lowest BCUT2D eigenvalue weighted by Gasteiger charge is -2.30. The van der Waals surface area contributed by atoms with Crippen LogP contribution >= 0.6 is 15.9 Å². The summed E-state index contributed by atoms with van der Waals surface area (Å²) < 4.78 is 6.73. The van der Waals surface area contributed by atoms with Gasteiger partial charge in [0.1, 0.15) is 0 Å². The van der Waals surface area contributed by atoms with E-state index in [1.54, 1.807) is 6.20 Å². The van der Waals surface area contributed by atoms with Crippen molar-refractivity contribution in [1.29, 1.82) is 0 Å². The van der Waals surface area contributed by atoms with Crippen molar-refractivity contribution in [3.63, 3.8) is 0 Å². The Balaban J connectivity index is 1.57. The SMILES string of the molecule is NC1CCN(C(=O)CCc2ncc(-c3ccccc3Br)o2)CC1. The fourth-order valence-electron chi connectivity index (χ4n) is 2.73. The summed E-state index contributed by atoms with van der Waals surface area (Å²) in [5.74, 6) is 1.46. The van der Waals surface area contributed by atoms with Crippen LogP contribution in [0.4, 0.5) is 0 Å². The first-order valence-electron chi connectivity index (χ1n) is 7.86. The molecule has 2 N–H and O–H groups in total. The molecular formula is C17H20BrN3O2. The Hall–Kier alpha value is -1.66. The Bertz CT molecular complexity index is 678. The number of likely N-dealkylation sites (tertiary alicyclic amines) is 1. The average molecular weight is 378 g/mol. The fraction of sp³-hybridized carbons (Fsp3) is 0.412. The Morgan fingerprint density at radius 2 is 2.09 bits per heavy atom. The molecule has 0 saturated carbocycles. The number of nitrogens with two attached hydrogens (primary N) is 1. The molecule has 122 valence electrons. The van der Waals surface area contributed by atoms with E-state index >= 15 is 0 Å². The number of aromatic nitrogens is 1. The molecule has 0 unspecified atom stereocenters. The number of benzene rings is 1. The minimum atomic E-state index is 0.151. The molecule has 1 aliphatic rings. The van der Waals surface area contributed by atoms with Crippen molar-refractivity contribution in [2.75, 3.05) is 13.1 Å². The first kappa shape index (κ1) is 16.2. The highest BCUT2D eigenvalue weighted by molar-refractivity contribution is 9.10. The van der Waals surface area contributed by atoms with Gasteiger partial charge < -0.3 is 15.1 Å². The van der Waals surface area contributed by atoms with E-state index in [4.69, 9.17) is 10.2 Å². The van der Waals surface area contributed by atoms with Gasteiger partial charge >= 0.3 is 0 Å². The Kier molecular flexibility index (Phi) is 5.13. The Morgan fingerprint density at radius 1 is 1.35 bits per heavy atom. The summed E-state index contributed by atoms with van der Waals surface area (Å²) in [6.45, 7) is 1.52. The number of rotatable bonds is 4. The van der Waals surface area contributed by atoms with Crippen molar-refractivity contribution < 1.29 is 9.21 Å². The van der Waals surface area contributed by atoms with Crippen LogP contribution in [0.25, 0.3) is 11.3 Å². The van der Waals surface area contributed by atoms with Crippen LogP contribution in [-0.4, -0.2) is 34.9 Å². The lowest BCUT2D eigenvalue weighted by Crippen LogP contribution is -2.42. The van der Waals surface area contributed by atoms with Gasteiger partial charge in [0, 0.05) is 42.0 Å². The molecule has 3 rings (SSSR count). The average Bonchev–Trinajstić information content (AvgIpc) is 3.02. The van der Waals surface area contributed by atoms with Gasteiger partial charge in [0.15, 0.2) is 11.7 Å². The number of amides is 1. The number of carbonyl (C=O) groups excluding carboxylic acids is 1. The first-order chi connectivity index (χ1) is 11.1. The van der Waals surface area contributed by atoms with Crippen molar-refractivity contribution in [3.8, 4) is 11.3 Å². The van der Waals surface area contributed by atoms with Crippen LogP contribution < -0.4 is 5.73 Å². The minimum Gasteiger partial charge on any atom is -0.441 e. The van der Waals surface area contributed by atoms with Gasteiger partial charge in [-0.1, -0.05) is 34.1 Å². The largest absolute Gasteiger partial charge is 0.441 e. The highest BCUT2D eigenvalue weighted by Gasteiger charge is 2.20. The number of halogens is 1. The van der Waals surface area contributed by atoms with Crippen LogP contribution in [0.3, 0.4) is 0 Å². The van der Waals surface area contributed by atoms with Crippen LogP contribution in [0, 0.1) is 0 Å². The van der Waals surface area contributed by atoms with Crippen molar-refractivity contribution >= 4 is 21.8 Å². The summed E-state index contributed by atoms with van der Waals surface area (Å²) in [6.07, 6.45) is 4.42. The van der Waals surface area contributed by atoms with Crippen LogP contribution in [0.15, 0.2) is 39.4 Å². The number of hydrogen-bond acceptors (Lipinski definition) is 4. The maximum Gasteiger partial charge on any atom is 0.223 e. The van der Waals surface area contributed by atoms with Crippen molar-refractivity contribution in [1.82, 2.24) is 9.88 Å². The molecule has 1 aromatic carbocycles. The second-order valence-corrected chi connectivity index (χ2v) is 6.67. The van der Waals surface area contributed by atoms with Crippen molar-refractivity contribution in [3.05, 3.63) is 40.8 Å². The van der Waals surface area contributed by atoms with Gasteiger partial charge in [0.05, 0.1) is 6.20 Å². The second kappa shape index (κ2) is 7.27. The van der Waals surface area contributed by atoms with E-state index in [1.165, 1.54) is 0 Å². The van der Waals surface area contributed by atoms with E-state index in [0.717, 1.165) is 36.0 Å². The fourth-order valence-corrected chi connectivity index (χ4v) is 3.21. The zero-order chi connectivity index (χ0) is 16.2. The third-order valence-electron chi connectivity index (χ3n) is 4.14. The van der Waals surface area contributed by atoms with E-state index < -0.39 is 0 Å². The standard InChI is InChI=1S/C17H20BrN3O2/c18-14-4-2-1-3-13(14)15-11-20-16(23-15)5-6-17(22)21-9-7-12(19)8-10-21/h1-4,11-12H,5-10,19H2. The van der Waals surface area contributed by atoms with Gasteiger partial charge in [-0.2, -0.15) is 0 Å². The quantitative estimate of drug-likeness (QED) is 0.888. The van der Waals surface area contributed by atoms with Gasteiger partial charge in [-0.05, 0) is 18.9 Å². The molecule has 5 nitrogen and oxygen atoms in total. The molecule has 23 heavy (non-hydrogen) atoms. The molecule has 2 aromatic rings. The minimum absolute atomic E-state index is 0.151. The number of piperidine rings is 1.